The second-order valence-electron chi connectivity index (χ2n) is 6.43. The standard InChI is InChI=1S/C23H14Cl3FN2O2/c1-30-22-20(13-5-7-14(24)8-6-13)21(18-10-9-15(25)11-19(18)26)28-23(29-22)31-17-4-2-3-16(27)12-17/h2-12H,1H3. The van der Waals surface area contributed by atoms with Crippen molar-refractivity contribution in [2.75, 3.05) is 7.11 Å². The van der Waals surface area contributed by atoms with Gasteiger partial charge in [0.15, 0.2) is 0 Å². The number of rotatable bonds is 5. The highest BCUT2D eigenvalue weighted by molar-refractivity contribution is 6.36. The van der Waals surface area contributed by atoms with Gasteiger partial charge in [-0.25, -0.2) is 4.39 Å². The maximum atomic E-state index is 13.6. The zero-order valence-corrected chi connectivity index (χ0v) is 18.3. The van der Waals surface area contributed by atoms with Crippen LogP contribution in [0.5, 0.6) is 17.6 Å². The van der Waals surface area contributed by atoms with Gasteiger partial charge >= 0.3 is 6.01 Å². The van der Waals surface area contributed by atoms with Gasteiger partial charge in [0.25, 0.3) is 0 Å². The summed E-state index contributed by atoms with van der Waals surface area (Å²) in [5, 5.41) is 1.46. The van der Waals surface area contributed by atoms with Crippen LogP contribution in [0.3, 0.4) is 0 Å². The van der Waals surface area contributed by atoms with E-state index in [0.717, 1.165) is 5.56 Å². The molecule has 0 spiro atoms. The molecule has 31 heavy (non-hydrogen) atoms. The van der Waals surface area contributed by atoms with Crippen molar-refractivity contribution in [1.82, 2.24) is 9.97 Å². The topological polar surface area (TPSA) is 44.2 Å². The van der Waals surface area contributed by atoms with Crippen molar-refractivity contribution in [1.29, 1.82) is 0 Å². The molecule has 0 aliphatic carbocycles. The maximum Gasteiger partial charge on any atom is 0.325 e. The molecule has 0 aliphatic rings. The molecule has 0 saturated carbocycles. The minimum absolute atomic E-state index is 0.0267. The lowest BCUT2D eigenvalue weighted by Gasteiger charge is -2.16. The molecule has 4 rings (SSSR count). The van der Waals surface area contributed by atoms with E-state index in [-0.39, 0.29) is 17.6 Å². The van der Waals surface area contributed by atoms with Crippen molar-refractivity contribution >= 4 is 34.8 Å². The highest BCUT2D eigenvalue weighted by Gasteiger charge is 2.21. The van der Waals surface area contributed by atoms with Crippen LogP contribution in [-0.4, -0.2) is 17.1 Å². The number of hydrogen-bond acceptors (Lipinski definition) is 4. The number of nitrogens with zero attached hydrogens (tertiary/aromatic N) is 2. The molecule has 156 valence electrons. The third kappa shape index (κ3) is 4.74. The molecule has 0 aliphatic heterocycles. The van der Waals surface area contributed by atoms with Crippen LogP contribution in [0, 0.1) is 5.82 Å². The van der Waals surface area contributed by atoms with E-state index >= 15 is 0 Å². The lowest BCUT2D eigenvalue weighted by atomic mass is 10.00. The quantitative estimate of drug-likeness (QED) is 0.296. The second-order valence-corrected chi connectivity index (χ2v) is 7.71. The van der Waals surface area contributed by atoms with Gasteiger partial charge in [0.2, 0.25) is 5.88 Å². The largest absolute Gasteiger partial charge is 0.480 e. The Kier molecular flexibility index (Phi) is 6.28. The Hall–Kier alpha value is -2.86. The van der Waals surface area contributed by atoms with E-state index in [9.17, 15) is 4.39 Å². The van der Waals surface area contributed by atoms with Crippen LogP contribution >= 0.6 is 34.8 Å². The van der Waals surface area contributed by atoms with Gasteiger partial charge in [-0.1, -0.05) is 53.0 Å². The summed E-state index contributed by atoms with van der Waals surface area (Å²) in [4.78, 5) is 8.94. The average Bonchev–Trinajstić information content (AvgIpc) is 2.74. The highest BCUT2D eigenvalue weighted by Crippen LogP contribution is 2.42. The minimum atomic E-state index is -0.441. The van der Waals surface area contributed by atoms with E-state index in [2.05, 4.69) is 9.97 Å². The fraction of sp³-hybridized carbons (Fsp3) is 0.0435. The Bertz CT molecular complexity index is 1250. The summed E-state index contributed by atoms with van der Waals surface area (Å²) >= 11 is 18.6. The first-order valence-electron chi connectivity index (χ1n) is 9.05. The zero-order chi connectivity index (χ0) is 22.0. The molecule has 0 amide bonds. The summed E-state index contributed by atoms with van der Waals surface area (Å²) in [6.07, 6.45) is 0. The predicted molar refractivity (Wildman–Crippen MR) is 121 cm³/mol. The molecule has 0 atom stereocenters. The molecule has 1 aromatic heterocycles. The van der Waals surface area contributed by atoms with Gasteiger partial charge in [0.1, 0.15) is 11.6 Å². The van der Waals surface area contributed by atoms with Crippen molar-refractivity contribution in [3.05, 3.63) is 87.6 Å². The molecule has 0 N–H and O–H groups in total. The van der Waals surface area contributed by atoms with Gasteiger partial charge in [-0.05, 0) is 48.0 Å². The van der Waals surface area contributed by atoms with Crippen LogP contribution < -0.4 is 9.47 Å². The fourth-order valence-corrected chi connectivity index (χ4v) is 3.63. The van der Waals surface area contributed by atoms with Gasteiger partial charge in [-0.2, -0.15) is 9.97 Å². The number of methoxy groups -OCH3 is 1. The molecule has 8 heteroatoms. The van der Waals surface area contributed by atoms with Gasteiger partial charge < -0.3 is 9.47 Å². The molecule has 4 aromatic rings. The summed E-state index contributed by atoms with van der Waals surface area (Å²) in [5.41, 5.74) is 2.41. The van der Waals surface area contributed by atoms with Crippen molar-refractivity contribution < 1.29 is 13.9 Å². The first kappa shape index (κ1) is 21.4. The Labute approximate surface area is 193 Å². The van der Waals surface area contributed by atoms with Gasteiger partial charge in [-0.3, -0.25) is 0 Å². The summed E-state index contributed by atoms with van der Waals surface area (Å²) < 4.78 is 24.8. The lowest BCUT2D eigenvalue weighted by molar-refractivity contribution is 0.378. The lowest BCUT2D eigenvalue weighted by Crippen LogP contribution is -2.02. The van der Waals surface area contributed by atoms with E-state index in [1.807, 2.05) is 12.1 Å². The number of halogens is 4. The first-order chi connectivity index (χ1) is 14.9. The predicted octanol–water partition coefficient (Wildman–Crippen LogP) is 7.71. The summed E-state index contributed by atoms with van der Waals surface area (Å²) in [5.74, 6) is 0.0578. The second kappa shape index (κ2) is 9.10. The zero-order valence-electron chi connectivity index (χ0n) is 16.1. The summed E-state index contributed by atoms with van der Waals surface area (Å²) in [6, 6.07) is 17.9. The Morgan fingerprint density at radius 2 is 1.58 bits per heavy atom. The molecule has 0 fully saturated rings. The Morgan fingerprint density at radius 1 is 0.839 bits per heavy atom. The van der Waals surface area contributed by atoms with Crippen molar-refractivity contribution in [2.24, 2.45) is 0 Å². The van der Waals surface area contributed by atoms with Crippen LogP contribution in [0.1, 0.15) is 0 Å². The van der Waals surface area contributed by atoms with Crippen LogP contribution in [0.15, 0.2) is 66.7 Å². The summed E-state index contributed by atoms with van der Waals surface area (Å²) in [7, 11) is 1.49. The monoisotopic (exact) mass is 474 g/mol. The third-order valence-electron chi connectivity index (χ3n) is 4.37. The van der Waals surface area contributed by atoms with E-state index in [1.54, 1.807) is 36.4 Å². The van der Waals surface area contributed by atoms with E-state index in [0.29, 0.717) is 31.9 Å². The van der Waals surface area contributed by atoms with Crippen LogP contribution in [0.25, 0.3) is 22.4 Å². The van der Waals surface area contributed by atoms with Gasteiger partial charge in [0, 0.05) is 21.7 Å². The van der Waals surface area contributed by atoms with Crippen molar-refractivity contribution in [3.8, 4) is 40.0 Å². The SMILES string of the molecule is COc1nc(Oc2cccc(F)c2)nc(-c2ccc(Cl)cc2Cl)c1-c1ccc(Cl)cc1. The molecule has 4 nitrogen and oxygen atoms in total. The molecule has 1 heterocycles. The normalized spacial score (nSPS) is 10.7. The van der Waals surface area contributed by atoms with Crippen LogP contribution in [-0.2, 0) is 0 Å². The van der Waals surface area contributed by atoms with Gasteiger partial charge in [-0.15, -0.1) is 0 Å². The summed E-state index contributed by atoms with van der Waals surface area (Å²) in [6.45, 7) is 0. The minimum Gasteiger partial charge on any atom is -0.480 e. The number of ether oxygens (including phenoxy) is 2. The fourth-order valence-electron chi connectivity index (χ4n) is 3.00. The average molecular weight is 476 g/mol. The highest BCUT2D eigenvalue weighted by atomic mass is 35.5. The number of benzene rings is 3. The Morgan fingerprint density at radius 3 is 2.26 bits per heavy atom. The molecule has 3 aromatic carbocycles. The van der Waals surface area contributed by atoms with Crippen LogP contribution in [0.4, 0.5) is 4.39 Å². The van der Waals surface area contributed by atoms with E-state index < -0.39 is 5.82 Å². The van der Waals surface area contributed by atoms with Crippen molar-refractivity contribution in [2.45, 2.75) is 0 Å². The molecule has 0 radical (unpaired) electrons. The first-order valence-corrected chi connectivity index (χ1v) is 10.2. The molecule has 0 bridgehead atoms. The Balaban J connectivity index is 1.93. The van der Waals surface area contributed by atoms with E-state index in [4.69, 9.17) is 44.3 Å². The smallest absolute Gasteiger partial charge is 0.325 e. The number of aromatic nitrogens is 2. The van der Waals surface area contributed by atoms with Gasteiger partial charge in [0.05, 0.1) is 23.4 Å². The molecular weight excluding hydrogens is 462 g/mol. The van der Waals surface area contributed by atoms with E-state index in [1.165, 1.54) is 25.3 Å². The van der Waals surface area contributed by atoms with Crippen molar-refractivity contribution in [3.63, 3.8) is 0 Å². The van der Waals surface area contributed by atoms with Crippen LogP contribution in [0.2, 0.25) is 15.1 Å². The number of hydrogen-bond donors (Lipinski definition) is 0. The molecule has 0 unspecified atom stereocenters. The third-order valence-corrected chi connectivity index (χ3v) is 5.17. The molecule has 0 saturated heterocycles. The maximum absolute atomic E-state index is 13.6. The molecular formula is C23H14Cl3FN2O2.